The van der Waals surface area contributed by atoms with Gasteiger partial charge in [0.25, 0.3) is 0 Å². The molecule has 0 saturated heterocycles. The SMILES string of the molecule is C=Cc1ccc2c(c1C=CC)CCC(NS(=O)(=O)c1ccc(Cl)cc1)C2. The number of halogens is 1. The van der Waals surface area contributed by atoms with Crippen molar-refractivity contribution in [2.75, 3.05) is 0 Å². The molecule has 1 aliphatic rings. The summed E-state index contributed by atoms with van der Waals surface area (Å²) in [5, 5.41) is 0.519. The normalized spacial score (nSPS) is 17.2. The summed E-state index contributed by atoms with van der Waals surface area (Å²) in [5.74, 6) is 0. The minimum absolute atomic E-state index is 0.115. The van der Waals surface area contributed by atoms with Crippen LogP contribution < -0.4 is 4.72 Å². The number of rotatable bonds is 5. The van der Waals surface area contributed by atoms with Gasteiger partial charge >= 0.3 is 0 Å². The molecule has 1 unspecified atom stereocenters. The van der Waals surface area contributed by atoms with E-state index in [1.807, 2.05) is 19.1 Å². The van der Waals surface area contributed by atoms with Gasteiger partial charge in [-0.1, -0.05) is 48.5 Å². The fourth-order valence-electron chi connectivity index (χ4n) is 3.44. The summed E-state index contributed by atoms with van der Waals surface area (Å²) >= 11 is 5.85. The minimum Gasteiger partial charge on any atom is -0.208 e. The Hall–Kier alpha value is -1.88. The number of nitrogens with one attached hydrogen (secondary N) is 1. The minimum atomic E-state index is -3.55. The highest BCUT2D eigenvalue weighted by Gasteiger charge is 2.25. The van der Waals surface area contributed by atoms with E-state index < -0.39 is 10.0 Å². The Morgan fingerprint density at radius 1 is 1.19 bits per heavy atom. The van der Waals surface area contributed by atoms with Gasteiger partial charge in [0.05, 0.1) is 4.90 Å². The zero-order valence-corrected chi connectivity index (χ0v) is 16.3. The van der Waals surface area contributed by atoms with Crippen LogP contribution in [0.2, 0.25) is 5.02 Å². The molecule has 1 atom stereocenters. The monoisotopic (exact) mass is 387 g/mol. The smallest absolute Gasteiger partial charge is 0.208 e. The lowest BCUT2D eigenvalue weighted by Gasteiger charge is -2.27. The van der Waals surface area contributed by atoms with Crippen LogP contribution in [0.4, 0.5) is 0 Å². The van der Waals surface area contributed by atoms with Crippen molar-refractivity contribution in [1.29, 1.82) is 0 Å². The summed E-state index contributed by atoms with van der Waals surface area (Å²) in [4.78, 5) is 0.240. The molecule has 2 aromatic rings. The van der Waals surface area contributed by atoms with E-state index in [0.717, 1.165) is 18.4 Å². The molecule has 136 valence electrons. The van der Waals surface area contributed by atoms with Gasteiger partial charge in [-0.15, -0.1) is 0 Å². The van der Waals surface area contributed by atoms with Crippen LogP contribution >= 0.6 is 11.6 Å². The van der Waals surface area contributed by atoms with Gasteiger partial charge in [-0.05, 0) is 72.7 Å². The first kappa shape index (κ1) is 18.9. The van der Waals surface area contributed by atoms with Crippen molar-refractivity contribution < 1.29 is 8.42 Å². The van der Waals surface area contributed by atoms with Gasteiger partial charge in [0, 0.05) is 11.1 Å². The molecule has 1 aliphatic carbocycles. The molecule has 0 heterocycles. The van der Waals surface area contributed by atoms with Gasteiger partial charge in [0.1, 0.15) is 0 Å². The summed E-state index contributed by atoms with van der Waals surface area (Å²) in [6.07, 6.45) is 8.29. The lowest BCUT2D eigenvalue weighted by atomic mass is 9.84. The fraction of sp³-hybridized carbons (Fsp3) is 0.238. The number of fused-ring (bicyclic) bond motifs is 1. The fourth-order valence-corrected chi connectivity index (χ4v) is 4.84. The Morgan fingerprint density at radius 2 is 1.92 bits per heavy atom. The van der Waals surface area contributed by atoms with E-state index >= 15 is 0 Å². The molecule has 0 fully saturated rings. The number of sulfonamides is 1. The van der Waals surface area contributed by atoms with E-state index in [9.17, 15) is 8.42 Å². The summed E-state index contributed by atoms with van der Waals surface area (Å²) in [6.45, 7) is 5.89. The molecule has 2 aromatic carbocycles. The molecule has 1 N–H and O–H groups in total. The van der Waals surface area contributed by atoms with Crippen LogP contribution in [-0.4, -0.2) is 14.5 Å². The topological polar surface area (TPSA) is 46.2 Å². The van der Waals surface area contributed by atoms with Crippen LogP contribution in [0.15, 0.2) is 53.9 Å². The highest BCUT2D eigenvalue weighted by molar-refractivity contribution is 7.89. The Morgan fingerprint density at radius 3 is 2.58 bits per heavy atom. The van der Waals surface area contributed by atoms with E-state index in [2.05, 4.69) is 29.5 Å². The highest BCUT2D eigenvalue weighted by atomic mass is 35.5. The number of hydrogen-bond acceptors (Lipinski definition) is 2. The van der Waals surface area contributed by atoms with E-state index in [4.69, 9.17) is 11.6 Å². The van der Waals surface area contributed by atoms with E-state index in [1.54, 1.807) is 12.1 Å². The number of benzene rings is 2. The Balaban J connectivity index is 1.84. The molecule has 0 aliphatic heterocycles. The van der Waals surface area contributed by atoms with Crippen molar-refractivity contribution in [2.24, 2.45) is 0 Å². The Bertz CT molecular complexity index is 947. The third-order valence-electron chi connectivity index (χ3n) is 4.70. The lowest BCUT2D eigenvalue weighted by molar-refractivity contribution is 0.507. The summed E-state index contributed by atoms with van der Waals surface area (Å²) in [7, 11) is -3.55. The van der Waals surface area contributed by atoms with Crippen LogP contribution in [0.3, 0.4) is 0 Å². The van der Waals surface area contributed by atoms with Gasteiger partial charge in [-0.3, -0.25) is 0 Å². The van der Waals surface area contributed by atoms with Crippen molar-refractivity contribution in [3.05, 3.63) is 76.3 Å². The molecule has 0 amide bonds. The van der Waals surface area contributed by atoms with Crippen molar-refractivity contribution in [1.82, 2.24) is 4.72 Å². The largest absolute Gasteiger partial charge is 0.240 e. The van der Waals surface area contributed by atoms with Crippen LogP contribution in [0, 0.1) is 0 Å². The van der Waals surface area contributed by atoms with Crippen molar-refractivity contribution >= 4 is 33.8 Å². The molecule has 0 aromatic heterocycles. The van der Waals surface area contributed by atoms with Crippen molar-refractivity contribution in [2.45, 2.75) is 37.1 Å². The molecule has 5 heteroatoms. The molecule has 0 saturated carbocycles. The Labute approximate surface area is 160 Å². The maximum absolute atomic E-state index is 12.6. The Kier molecular flexibility index (Phi) is 5.66. The van der Waals surface area contributed by atoms with Gasteiger partial charge in [-0.25, -0.2) is 13.1 Å². The van der Waals surface area contributed by atoms with Crippen LogP contribution in [-0.2, 0) is 22.9 Å². The summed E-state index contributed by atoms with van der Waals surface area (Å²) < 4.78 is 28.1. The third-order valence-corrected chi connectivity index (χ3v) is 6.48. The van der Waals surface area contributed by atoms with Gasteiger partial charge in [0.15, 0.2) is 0 Å². The first-order chi connectivity index (χ1) is 12.4. The summed E-state index contributed by atoms with van der Waals surface area (Å²) in [5.41, 5.74) is 4.79. The third kappa shape index (κ3) is 3.93. The highest BCUT2D eigenvalue weighted by Crippen LogP contribution is 2.29. The standard InChI is InChI=1S/C21H22ClNO2S/c1-3-5-20-15(4-2)6-7-16-14-18(10-13-21(16)20)23-26(24,25)19-11-8-17(22)9-12-19/h3-9,11-12,18,23H,2,10,13-14H2,1H3. The molecule has 3 nitrogen and oxygen atoms in total. The lowest BCUT2D eigenvalue weighted by Crippen LogP contribution is -2.39. The first-order valence-corrected chi connectivity index (χ1v) is 10.5. The molecule has 26 heavy (non-hydrogen) atoms. The average molecular weight is 388 g/mol. The zero-order chi connectivity index (χ0) is 18.7. The van der Waals surface area contributed by atoms with Gasteiger partial charge in [0.2, 0.25) is 10.0 Å². The number of allylic oxidation sites excluding steroid dienone is 1. The second-order valence-corrected chi connectivity index (χ2v) is 8.58. The average Bonchev–Trinajstić information content (AvgIpc) is 2.62. The molecule has 0 spiro atoms. The quantitative estimate of drug-likeness (QED) is 0.796. The summed E-state index contributed by atoms with van der Waals surface area (Å²) in [6, 6.07) is 10.3. The molecular formula is C21H22ClNO2S. The second-order valence-electron chi connectivity index (χ2n) is 6.43. The van der Waals surface area contributed by atoms with E-state index in [0.29, 0.717) is 11.4 Å². The predicted octanol–water partition coefficient (Wildman–Crippen LogP) is 4.85. The number of hydrogen-bond donors (Lipinski definition) is 1. The van der Waals surface area contributed by atoms with Crippen LogP contribution in [0.25, 0.3) is 12.2 Å². The molecule has 0 radical (unpaired) electrons. The van der Waals surface area contributed by atoms with E-state index in [1.165, 1.54) is 28.8 Å². The molecular weight excluding hydrogens is 366 g/mol. The first-order valence-electron chi connectivity index (χ1n) is 8.62. The zero-order valence-electron chi connectivity index (χ0n) is 14.7. The van der Waals surface area contributed by atoms with E-state index in [-0.39, 0.29) is 10.9 Å². The maximum atomic E-state index is 12.6. The van der Waals surface area contributed by atoms with Crippen LogP contribution in [0.5, 0.6) is 0 Å². The van der Waals surface area contributed by atoms with Crippen LogP contribution in [0.1, 0.15) is 35.6 Å². The second kappa shape index (κ2) is 7.78. The van der Waals surface area contributed by atoms with Gasteiger partial charge in [-0.2, -0.15) is 0 Å². The van der Waals surface area contributed by atoms with Gasteiger partial charge < -0.3 is 0 Å². The predicted molar refractivity (Wildman–Crippen MR) is 109 cm³/mol. The molecule has 0 bridgehead atoms. The van der Waals surface area contributed by atoms with Crippen molar-refractivity contribution in [3.8, 4) is 0 Å². The van der Waals surface area contributed by atoms with Crippen molar-refractivity contribution in [3.63, 3.8) is 0 Å². The molecule has 3 rings (SSSR count). The maximum Gasteiger partial charge on any atom is 0.240 e.